The number of alkyl halides is 3. The van der Waals surface area contributed by atoms with E-state index in [9.17, 15) is 18.0 Å². The van der Waals surface area contributed by atoms with Crippen LogP contribution in [0.1, 0.15) is 37.3 Å². The van der Waals surface area contributed by atoms with Gasteiger partial charge < -0.3 is 10.4 Å². The molecule has 122 valence electrons. The van der Waals surface area contributed by atoms with E-state index in [0.717, 1.165) is 12.1 Å². The number of carbonyl (C=O) groups is 1. The number of hydrogen-bond acceptors (Lipinski definition) is 2. The van der Waals surface area contributed by atoms with Crippen LogP contribution in [0.3, 0.4) is 0 Å². The van der Waals surface area contributed by atoms with Gasteiger partial charge in [-0.05, 0) is 36.8 Å². The molecule has 22 heavy (non-hydrogen) atoms. The summed E-state index contributed by atoms with van der Waals surface area (Å²) in [6.07, 6.45) is -2.70. The zero-order chi connectivity index (χ0) is 16.4. The van der Waals surface area contributed by atoms with Crippen molar-refractivity contribution >= 4 is 5.91 Å². The fraction of sp³-hybridized carbons (Fsp3) is 0.562. The maximum absolute atomic E-state index is 12.8. The number of benzene rings is 1. The average Bonchev–Trinajstić information content (AvgIpc) is 3.26. The maximum Gasteiger partial charge on any atom is 0.416 e. The van der Waals surface area contributed by atoms with Gasteiger partial charge in [0.25, 0.3) is 0 Å². The van der Waals surface area contributed by atoms with Crippen LogP contribution >= 0.6 is 0 Å². The van der Waals surface area contributed by atoms with E-state index >= 15 is 0 Å². The van der Waals surface area contributed by atoms with Crippen molar-refractivity contribution in [3.05, 3.63) is 35.4 Å². The highest BCUT2D eigenvalue weighted by Gasteiger charge is 2.51. The molecular formula is C16H20F3NO2. The van der Waals surface area contributed by atoms with Crippen LogP contribution in [-0.4, -0.2) is 24.2 Å². The number of aliphatic hydroxyl groups is 1. The lowest BCUT2D eigenvalue weighted by Crippen LogP contribution is -2.37. The van der Waals surface area contributed by atoms with Gasteiger partial charge in [0.15, 0.2) is 0 Å². The summed E-state index contributed by atoms with van der Waals surface area (Å²) in [5.41, 5.74) is -1.12. The molecule has 0 bridgehead atoms. The van der Waals surface area contributed by atoms with E-state index in [4.69, 9.17) is 5.11 Å². The first-order chi connectivity index (χ1) is 10.3. The largest absolute Gasteiger partial charge is 0.416 e. The van der Waals surface area contributed by atoms with E-state index in [1.807, 2.05) is 6.92 Å². The van der Waals surface area contributed by atoms with Gasteiger partial charge in [-0.2, -0.15) is 13.2 Å². The minimum Gasteiger partial charge on any atom is -0.396 e. The number of amides is 1. The summed E-state index contributed by atoms with van der Waals surface area (Å²) in [6.45, 7) is 2.37. The first kappa shape index (κ1) is 16.8. The molecule has 0 aromatic heterocycles. The molecular weight excluding hydrogens is 295 g/mol. The third-order valence-corrected chi connectivity index (χ3v) is 4.16. The summed E-state index contributed by atoms with van der Waals surface area (Å²) in [5.74, 6) is -0.0946. The second-order valence-electron chi connectivity index (χ2n) is 5.99. The number of rotatable bonds is 6. The Morgan fingerprint density at radius 3 is 2.64 bits per heavy atom. The van der Waals surface area contributed by atoms with Crippen molar-refractivity contribution in [2.45, 2.75) is 37.8 Å². The molecule has 0 heterocycles. The Bertz CT molecular complexity index is 538. The lowest BCUT2D eigenvalue weighted by Gasteiger charge is -2.19. The molecule has 1 atom stereocenters. The topological polar surface area (TPSA) is 49.3 Å². The smallest absolute Gasteiger partial charge is 0.396 e. The number of carbonyl (C=O) groups excluding carboxylic acids is 1. The predicted molar refractivity (Wildman–Crippen MR) is 76.2 cm³/mol. The third-order valence-electron chi connectivity index (χ3n) is 4.16. The summed E-state index contributed by atoms with van der Waals surface area (Å²) in [7, 11) is 0. The number of halogens is 3. The van der Waals surface area contributed by atoms with E-state index in [-0.39, 0.29) is 18.4 Å². The lowest BCUT2D eigenvalue weighted by molar-refractivity contribution is -0.137. The SMILES string of the molecule is CC(CCO)CNC(=O)C1(c2cccc(C(F)(F)F)c2)CC1. The van der Waals surface area contributed by atoms with E-state index in [1.54, 1.807) is 6.07 Å². The van der Waals surface area contributed by atoms with Crippen LogP contribution in [0.2, 0.25) is 0 Å². The van der Waals surface area contributed by atoms with Crippen LogP contribution in [0.4, 0.5) is 13.2 Å². The number of aliphatic hydroxyl groups excluding tert-OH is 1. The molecule has 1 fully saturated rings. The third kappa shape index (κ3) is 3.61. The van der Waals surface area contributed by atoms with Crippen molar-refractivity contribution in [3.63, 3.8) is 0 Å². The molecule has 0 spiro atoms. The van der Waals surface area contributed by atoms with Crippen molar-refractivity contribution < 1.29 is 23.1 Å². The molecule has 1 amide bonds. The Morgan fingerprint density at radius 2 is 2.09 bits per heavy atom. The van der Waals surface area contributed by atoms with Crippen molar-refractivity contribution in [3.8, 4) is 0 Å². The van der Waals surface area contributed by atoms with Crippen LogP contribution in [0.25, 0.3) is 0 Å². The van der Waals surface area contributed by atoms with Gasteiger partial charge in [-0.3, -0.25) is 4.79 Å². The molecule has 0 aliphatic heterocycles. The zero-order valence-electron chi connectivity index (χ0n) is 12.4. The van der Waals surface area contributed by atoms with Crippen molar-refractivity contribution in [2.24, 2.45) is 5.92 Å². The normalized spacial score (nSPS) is 17.9. The highest BCUT2D eigenvalue weighted by atomic mass is 19.4. The van der Waals surface area contributed by atoms with Gasteiger partial charge in [0.05, 0.1) is 11.0 Å². The number of nitrogens with one attached hydrogen (secondary N) is 1. The van der Waals surface area contributed by atoms with Crippen LogP contribution in [0.15, 0.2) is 24.3 Å². The fourth-order valence-electron chi connectivity index (χ4n) is 2.52. The molecule has 2 rings (SSSR count). The van der Waals surface area contributed by atoms with E-state index in [0.29, 0.717) is 31.4 Å². The Morgan fingerprint density at radius 1 is 1.41 bits per heavy atom. The molecule has 3 nitrogen and oxygen atoms in total. The Labute approximate surface area is 127 Å². The van der Waals surface area contributed by atoms with Gasteiger partial charge in [0.2, 0.25) is 5.91 Å². The quantitative estimate of drug-likeness (QED) is 0.848. The highest BCUT2D eigenvalue weighted by molar-refractivity contribution is 5.91. The van der Waals surface area contributed by atoms with Crippen molar-refractivity contribution in [1.82, 2.24) is 5.32 Å². The van der Waals surface area contributed by atoms with Gasteiger partial charge in [0, 0.05) is 13.2 Å². The first-order valence-corrected chi connectivity index (χ1v) is 7.36. The number of hydrogen-bond donors (Lipinski definition) is 2. The van der Waals surface area contributed by atoms with Crippen LogP contribution in [0, 0.1) is 5.92 Å². The molecule has 0 saturated heterocycles. The lowest BCUT2D eigenvalue weighted by atomic mass is 9.93. The molecule has 1 saturated carbocycles. The van der Waals surface area contributed by atoms with Crippen LogP contribution in [0.5, 0.6) is 0 Å². The van der Waals surface area contributed by atoms with Crippen LogP contribution in [-0.2, 0) is 16.4 Å². The second kappa shape index (κ2) is 6.28. The minimum absolute atomic E-state index is 0.0514. The molecule has 1 unspecified atom stereocenters. The molecule has 2 N–H and O–H groups in total. The summed E-state index contributed by atoms with van der Waals surface area (Å²) >= 11 is 0. The summed E-state index contributed by atoms with van der Waals surface area (Å²) in [6, 6.07) is 5.02. The second-order valence-corrected chi connectivity index (χ2v) is 5.99. The van der Waals surface area contributed by atoms with Crippen molar-refractivity contribution in [1.29, 1.82) is 0 Å². The predicted octanol–water partition coefficient (Wildman–Crippen LogP) is 2.87. The van der Waals surface area contributed by atoms with Gasteiger partial charge in [0.1, 0.15) is 0 Å². The highest BCUT2D eigenvalue weighted by Crippen LogP contribution is 2.49. The first-order valence-electron chi connectivity index (χ1n) is 7.36. The monoisotopic (exact) mass is 315 g/mol. The van der Waals surface area contributed by atoms with Crippen molar-refractivity contribution in [2.75, 3.05) is 13.2 Å². The molecule has 0 radical (unpaired) electrons. The van der Waals surface area contributed by atoms with E-state index in [1.165, 1.54) is 6.07 Å². The summed E-state index contributed by atoms with van der Waals surface area (Å²) < 4.78 is 38.4. The molecule has 1 aromatic rings. The summed E-state index contributed by atoms with van der Waals surface area (Å²) in [4.78, 5) is 12.3. The van der Waals surface area contributed by atoms with E-state index in [2.05, 4.69) is 5.32 Å². The van der Waals surface area contributed by atoms with Gasteiger partial charge in [-0.15, -0.1) is 0 Å². The zero-order valence-corrected chi connectivity index (χ0v) is 12.4. The molecule has 6 heteroatoms. The molecule has 1 aliphatic rings. The van der Waals surface area contributed by atoms with Gasteiger partial charge in [-0.25, -0.2) is 0 Å². The maximum atomic E-state index is 12.8. The standard InChI is InChI=1S/C16H20F3NO2/c1-11(5-8-21)10-20-14(22)15(6-7-15)12-3-2-4-13(9-12)16(17,18)19/h2-4,9,11,21H,5-8,10H2,1H3,(H,20,22). The van der Waals surface area contributed by atoms with Gasteiger partial charge >= 0.3 is 6.18 Å². The summed E-state index contributed by atoms with van der Waals surface area (Å²) in [5, 5.41) is 11.6. The Balaban J connectivity index is 2.09. The fourth-order valence-corrected chi connectivity index (χ4v) is 2.52. The molecule has 1 aliphatic carbocycles. The van der Waals surface area contributed by atoms with Gasteiger partial charge in [-0.1, -0.05) is 25.1 Å². The van der Waals surface area contributed by atoms with E-state index < -0.39 is 17.2 Å². The average molecular weight is 315 g/mol. The Kier molecular flexibility index (Phi) is 4.80. The minimum atomic E-state index is -4.40. The van der Waals surface area contributed by atoms with Crippen LogP contribution < -0.4 is 5.32 Å². The molecule has 1 aromatic carbocycles. The Hall–Kier alpha value is -1.56.